The van der Waals surface area contributed by atoms with Crippen LogP contribution in [-0.4, -0.2) is 46.8 Å². The van der Waals surface area contributed by atoms with E-state index in [9.17, 15) is 18.8 Å². The van der Waals surface area contributed by atoms with Crippen LogP contribution >= 0.6 is 34.8 Å². The second-order valence-corrected chi connectivity index (χ2v) is 12.9. The molecule has 228 valence electrons. The fourth-order valence-electron chi connectivity index (χ4n) is 6.17. The van der Waals surface area contributed by atoms with Gasteiger partial charge in [-0.05, 0) is 119 Å². The summed E-state index contributed by atoms with van der Waals surface area (Å²) >= 11 is 18.3. The van der Waals surface area contributed by atoms with Crippen LogP contribution in [0.15, 0.2) is 59.5 Å². The Balaban J connectivity index is 1.06. The van der Waals surface area contributed by atoms with Gasteiger partial charge in [-0.25, -0.2) is 4.39 Å². The number of benzene rings is 2. The summed E-state index contributed by atoms with van der Waals surface area (Å²) in [6.07, 6.45) is 8.20. The number of aromatic nitrogens is 1. The topological polar surface area (TPSA) is 71.4 Å². The first-order chi connectivity index (χ1) is 20.7. The third kappa shape index (κ3) is 8.27. The van der Waals surface area contributed by atoms with E-state index in [2.05, 4.69) is 10.2 Å². The molecule has 0 radical (unpaired) electrons. The van der Waals surface area contributed by atoms with E-state index in [1.807, 2.05) is 0 Å². The van der Waals surface area contributed by atoms with Gasteiger partial charge in [-0.15, -0.1) is 0 Å². The minimum atomic E-state index is -0.381. The molecule has 2 aliphatic rings. The number of amides is 1. The second-order valence-electron chi connectivity index (χ2n) is 11.7. The zero-order valence-corrected chi connectivity index (χ0v) is 26.1. The molecule has 5 rings (SSSR count). The monoisotopic (exact) mass is 645 g/mol. The number of piperidine rings is 1. The Morgan fingerprint density at radius 3 is 2.21 bits per heavy atom. The molecule has 1 aromatic heterocycles. The number of pyridine rings is 1. The highest BCUT2D eigenvalue weighted by Gasteiger charge is 2.28. The number of carbonyl (C=O) groups excluding carboxylic acids is 2. The molecule has 3 aromatic rings. The van der Waals surface area contributed by atoms with Gasteiger partial charge in [0, 0.05) is 23.7 Å². The molecule has 0 spiro atoms. The summed E-state index contributed by atoms with van der Waals surface area (Å²) in [5.41, 5.74) is 1.32. The van der Waals surface area contributed by atoms with E-state index in [1.165, 1.54) is 29.0 Å². The van der Waals surface area contributed by atoms with Crippen LogP contribution in [0.3, 0.4) is 0 Å². The first kappa shape index (κ1) is 31.7. The van der Waals surface area contributed by atoms with Crippen LogP contribution in [0.4, 0.5) is 4.39 Å². The molecule has 0 unspecified atom stereocenters. The maximum atomic E-state index is 13.2. The zero-order valence-electron chi connectivity index (χ0n) is 23.8. The third-order valence-electron chi connectivity index (χ3n) is 8.76. The number of nitrogens with one attached hydrogen (secondary N) is 1. The molecule has 1 amide bonds. The maximum Gasteiger partial charge on any atom is 0.269 e. The number of carbonyl (C=O) groups is 2. The minimum Gasteiger partial charge on any atom is -0.349 e. The van der Waals surface area contributed by atoms with Gasteiger partial charge in [0.05, 0.1) is 22.2 Å². The van der Waals surface area contributed by atoms with Crippen molar-refractivity contribution in [3.8, 4) is 0 Å². The van der Waals surface area contributed by atoms with Gasteiger partial charge in [-0.1, -0.05) is 40.9 Å². The number of likely N-dealkylation sites (tertiary alicyclic amines) is 1. The summed E-state index contributed by atoms with van der Waals surface area (Å²) in [4.78, 5) is 40.9. The van der Waals surface area contributed by atoms with Gasteiger partial charge < -0.3 is 14.8 Å². The maximum absolute atomic E-state index is 13.2. The Labute approximate surface area is 266 Å². The number of ketones is 1. The van der Waals surface area contributed by atoms with E-state index in [0.29, 0.717) is 27.1 Å². The SMILES string of the molecule is O=C(NC1CCC(CCN2CCC(C(=O)c3ccc(F)cc3)CC2)CC1)c1cc(Cl)c(=O)n(Cc2ccc(Cl)c(Cl)c2)c1. The van der Waals surface area contributed by atoms with Gasteiger partial charge in [0.25, 0.3) is 11.5 Å². The van der Waals surface area contributed by atoms with Crippen molar-refractivity contribution in [2.24, 2.45) is 11.8 Å². The normalized spacial score (nSPS) is 19.7. The van der Waals surface area contributed by atoms with Gasteiger partial charge in [-0.2, -0.15) is 0 Å². The zero-order chi connectivity index (χ0) is 30.5. The number of Topliss-reactive ketones (excluding diaryl/α,β-unsaturated/α-hetero) is 1. The van der Waals surface area contributed by atoms with Gasteiger partial charge >= 0.3 is 0 Å². The van der Waals surface area contributed by atoms with Crippen LogP contribution in [0.5, 0.6) is 0 Å². The fraction of sp³-hybridized carbons (Fsp3) is 0.424. The van der Waals surface area contributed by atoms with Crippen molar-refractivity contribution in [3.63, 3.8) is 0 Å². The molecule has 6 nitrogen and oxygen atoms in total. The molecule has 1 aliphatic carbocycles. The summed E-state index contributed by atoms with van der Waals surface area (Å²) < 4.78 is 14.6. The Hall–Kier alpha value is -2.71. The highest BCUT2D eigenvalue weighted by molar-refractivity contribution is 6.42. The number of hydrogen-bond acceptors (Lipinski definition) is 4. The molecule has 2 fully saturated rings. The van der Waals surface area contributed by atoms with Crippen LogP contribution in [0.25, 0.3) is 0 Å². The van der Waals surface area contributed by atoms with E-state index >= 15 is 0 Å². The van der Waals surface area contributed by atoms with Crippen LogP contribution in [0.1, 0.15) is 71.2 Å². The molecule has 2 aromatic carbocycles. The minimum absolute atomic E-state index is 0.00546. The van der Waals surface area contributed by atoms with Crippen LogP contribution in [0.2, 0.25) is 15.1 Å². The first-order valence-electron chi connectivity index (χ1n) is 14.8. The predicted molar refractivity (Wildman–Crippen MR) is 169 cm³/mol. The van der Waals surface area contributed by atoms with E-state index in [-0.39, 0.29) is 46.6 Å². The van der Waals surface area contributed by atoms with Crippen molar-refractivity contribution in [2.75, 3.05) is 19.6 Å². The summed E-state index contributed by atoms with van der Waals surface area (Å²) in [5.74, 6) is 0.159. The lowest BCUT2D eigenvalue weighted by molar-refractivity contribution is 0.0832. The predicted octanol–water partition coefficient (Wildman–Crippen LogP) is 7.27. The molecular formula is C33H35Cl3FN3O3. The lowest BCUT2D eigenvalue weighted by Crippen LogP contribution is -2.39. The lowest BCUT2D eigenvalue weighted by Gasteiger charge is -2.34. The van der Waals surface area contributed by atoms with Gasteiger partial charge in [-0.3, -0.25) is 14.4 Å². The number of rotatable bonds is 9. The summed E-state index contributed by atoms with van der Waals surface area (Å²) in [6.45, 7) is 3.03. The van der Waals surface area contributed by atoms with E-state index in [4.69, 9.17) is 34.8 Å². The quantitative estimate of drug-likeness (QED) is 0.248. The van der Waals surface area contributed by atoms with Crippen molar-refractivity contribution in [1.29, 1.82) is 0 Å². The Morgan fingerprint density at radius 2 is 1.53 bits per heavy atom. The Bertz CT molecular complexity index is 1510. The second kappa shape index (κ2) is 14.4. The molecule has 1 saturated heterocycles. The molecule has 43 heavy (non-hydrogen) atoms. The lowest BCUT2D eigenvalue weighted by atomic mass is 9.83. The van der Waals surface area contributed by atoms with E-state index in [1.54, 1.807) is 30.3 Å². The van der Waals surface area contributed by atoms with Gasteiger partial charge in [0.1, 0.15) is 10.8 Å². The average Bonchev–Trinajstić information content (AvgIpc) is 3.01. The van der Waals surface area contributed by atoms with E-state index in [0.717, 1.165) is 70.1 Å². The summed E-state index contributed by atoms with van der Waals surface area (Å²) in [5, 5.41) is 3.94. The molecule has 1 aliphatic heterocycles. The average molecular weight is 647 g/mol. The fourth-order valence-corrected chi connectivity index (χ4v) is 6.72. The largest absolute Gasteiger partial charge is 0.349 e. The van der Waals surface area contributed by atoms with Crippen molar-refractivity contribution in [1.82, 2.24) is 14.8 Å². The molecule has 0 bridgehead atoms. The highest BCUT2D eigenvalue weighted by Crippen LogP contribution is 2.29. The molecular weight excluding hydrogens is 612 g/mol. The number of nitrogens with zero attached hydrogens (tertiary/aromatic N) is 2. The van der Waals surface area contributed by atoms with Crippen molar-refractivity contribution >= 4 is 46.5 Å². The highest BCUT2D eigenvalue weighted by atomic mass is 35.5. The van der Waals surface area contributed by atoms with Gasteiger partial charge in [0.2, 0.25) is 0 Å². The summed E-state index contributed by atoms with van der Waals surface area (Å²) in [6, 6.07) is 12.5. The number of hydrogen-bond donors (Lipinski definition) is 1. The van der Waals surface area contributed by atoms with Crippen molar-refractivity contribution in [2.45, 2.75) is 57.5 Å². The van der Waals surface area contributed by atoms with Crippen LogP contribution < -0.4 is 10.9 Å². The van der Waals surface area contributed by atoms with Crippen LogP contribution in [-0.2, 0) is 6.54 Å². The summed E-state index contributed by atoms with van der Waals surface area (Å²) in [7, 11) is 0. The van der Waals surface area contributed by atoms with Crippen molar-refractivity contribution in [3.05, 3.63) is 103 Å². The smallest absolute Gasteiger partial charge is 0.269 e. The standard InChI is InChI=1S/C33H35Cl3FN3O3/c34-28-10-3-22(17-29(28)35)19-40-20-25(18-30(36)33(40)43)32(42)38-27-8-1-21(2-9-27)11-14-39-15-12-24(13-16-39)31(41)23-4-6-26(37)7-5-23/h3-7,10,17-18,20-21,24,27H,1-2,8-9,11-16,19H2,(H,38,42). The van der Waals surface area contributed by atoms with E-state index < -0.39 is 0 Å². The molecule has 1 saturated carbocycles. The molecule has 0 atom stereocenters. The Kier molecular flexibility index (Phi) is 10.6. The molecule has 10 heteroatoms. The van der Waals surface area contributed by atoms with Gasteiger partial charge in [0.15, 0.2) is 5.78 Å². The third-order valence-corrected chi connectivity index (χ3v) is 9.77. The van der Waals surface area contributed by atoms with Crippen molar-refractivity contribution < 1.29 is 14.0 Å². The molecule has 1 N–H and O–H groups in total. The van der Waals surface area contributed by atoms with Crippen LogP contribution in [0, 0.1) is 17.7 Å². The first-order valence-corrected chi connectivity index (χ1v) is 16.0. The molecule has 2 heterocycles. The Morgan fingerprint density at radius 1 is 0.837 bits per heavy atom. The number of halogens is 4.